The van der Waals surface area contributed by atoms with Crippen molar-refractivity contribution in [2.75, 3.05) is 26.2 Å². The summed E-state index contributed by atoms with van der Waals surface area (Å²) < 4.78 is 0. The Morgan fingerprint density at radius 3 is 2.24 bits per heavy atom. The second kappa shape index (κ2) is 9.53. The molecule has 0 saturated carbocycles. The number of piperidine rings is 1. The van der Waals surface area contributed by atoms with E-state index in [2.05, 4.69) is 41.5 Å². The Morgan fingerprint density at radius 1 is 1.04 bits per heavy atom. The molecule has 6 nitrogen and oxygen atoms in total. The van der Waals surface area contributed by atoms with Gasteiger partial charge in [-0.15, -0.1) is 0 Å². The molecule has 2 rings (SSSR count). The van der Waals surface area contributed by atoms with Crippen molar-refractivity contribution in [2.45, 2.75) is 33.4 Å². The minimum atomic E-state index is -0.333. The molecule has 2 atom stereocenters. The van der Waals surface area contributed by atoms with Crippen LogP contribution in [0.5, 0.6) is 0 Å². The lowest BCUT2D eigenvalue weighted by Gasteiger charge is -2.35. The number of benzene rings is 1. The zero-order valence-electron chi connectivity index (χ0n) is 15.3. The van der Waals surface area contributed by atoms with E-state index in [-0.39, 0.29) is 24.9 Å². The summed E-state index contributed by atoms with van der Waals surface area (Å²) in [6, 6.07) is 8.35. The first-order valence-electron chi connectivity index (χ1n) is 9.00. The molecule has 0 bridgehead atoms. The number of nitrogens with one attached hydrogen (secondary N) is 2. The quantitative estimate of drug-likeness (QED) is 0.683. The van der Waals surface area contributed by atoms with Gasteiger partial charge in [0.2, 0.25) is 11.8 Å². The van der Waals surface area contributed by atoms with Gasteiger partial charge in [0.25, 0.3) is 0 Å². The maximum Gasteiger partial charge on any atom is 0.239 e. The summed E-state index contributed by atoms with van der Waals surface area (Å²) in [4.78, 5) is 25.2. The van der Waals surface area contributed by atoms with E-state index in [1.807, 2.05) is 12.1 Å². The lowest BCUT2D eigenvalue weighted by atomic mass is 9.91. The highest BCUT2D eigenvalue weighted by Crippen LogP contribution is 2.22. The fourth-order valence-corrected chi connectivity index (χ4v) is 3.46. The van der Waals surface area contributed by atoms with Crippen LogP contribution in [0.15, 0.2) is 24.3 Å². The van der Waals surface area contributed by atoms with Crippen LogP contribution in [0.2, 0.25) is 0 Å². The topological polar surface area (TPSA) is 87.5 Å². The summed E-state index contributed by atoms with van der Waals surface area (Å²) in [5, 5.41) is 5.23. The Balaban J connectivity index is 1.76. The van der Waals surface area contributed by atoms with Crippen molar-refractivity contribution >= 4 is 11.8 Å². The molecule has 2 amide bonds. The molecule has 0 spiro atoms. The number of hydrogen-bond donors (Lipinski definition) is 3. The third-order valence-corrected chi connectivity index (χ3v) is 4.49. The van der Waals surface area contributed by atoms with Gasteiger partial charge in [0, 0.05) is 26.2 Å². The molecular formula is C19H30N4O2. The molecule has 6 heteroatoms. The van der Waals surface area contributed by atoms with E-state index in [1.165, 1.54) is 12.0 Å². The predicted molar refractivity (Wildman–Crippen MR) is 98.6 cm³/mol. The van der Waals surface area contributed by atoms with E-state index in [1.54, 1.807) is 0 Å². The van der Waals surface area contributed by atoms with Crippen molar-refractivity contribution in [1.29, 1.82) is 0 Å². The van der Waals surface area contributed by atoms with Crippen molar-refractivity contribution in [3.63, 3.8) is 0 Å². The summed E-state index contributed by atoms with van der Waals surface area (Å²) in [7, 11) is 0. The summed E-state index contributed by atoms with van der Waals surface area (Å²) in [6.07, 6.45) is 1.32. The second-order valence-electron chi connectivity index (χ2n) is 7.21. The predicted octanol–water partition coefficient (Wildman–Crippen LogP) is 0.856. The van der Waals surface area contributed by atoms with Gasteiger partial charge in [-0.05, 0) is 29.4 Å². The Morgan fingerprint density at radius 2 is 1.64 bits per heavy atom. The lowest BCUT2D eigenvalue weighted by molar-refractivity contribution is -0.125. The normalized spacial score (nSPS) is 20.9. The van der Waals surface area contributed by atoms with Gasteiger partial charge in [0.1, 0.15) is 0 Å². The molecular weight excluding hydrogens is 316 g/mol. The van der Waals surface area contributed by atoms with Crippen molar-refractivity contribution in [3.8, 4) is 0 Å². The van der Waals surface area contributed by atoms with Crippen molar-refractivity contribution in [2.24, 2.45) is 17.6 Å². The summed E-state index contributed by atoms with van der Waals surface area (Å²) in [6.45, 7) is 8.26. The SMILES string of the molecule is CC1CC(C)CN(Cc2ccc(CNC(=O)CNC(=O)CN)cc2)C1. The van der Waals surface area contributed by atoms with E-state index in [9.17, 15) is 9.59 Å². The number of carbonyl (C=O) groups excluding carboxylic acids is 2. The number of carbonyl (C=O) groups is 2. The summed E-state index contributed by atoms with van der Waals surface area (Å²) in [5.74, 6) is 0.971. The number of likely N-dealkylation sites (tertiary alicyclic amines) is 1. The van der Waals surface area contributed by atoms with E-state index in [0.29, 0.717) is 6.54 Å². The molecule has 1 aromatic rings. The highest BCUT2D eigenvalue weighted by Gasteiger charge is 2.21. The highest BCUT2D eigenvalue weighted by atomic mass is 16.2. The maximum absolute atomic E-state index is 11.7. The van der Waals surface area contributed by atoms with Crippen LogP contribution in [-0.4, -0.2) is 42.9 Å². The first-order valence-corrected chi connectivity index (χ1v) is 9.00. The molecule has 0 radical (unpaired) electrons. The Labute approximate surface area is 150 Å². The average molecular weight is 346 g/mol. The first-order chi connectivity index (χ1) is 12.0. The van der Waals surface area contributed by atoms with Crippen LogP contribution in [0.25, 0.3) is 0 Å². The smallest absolute Gasteiger partial charge is 0.239 e. The van der Waals surface area contributed by atoms with E-state index in [4.69, 9.17) is 5.73 Å². The van der Waals surface area contributed by atoms with Crippen LogP contribution in [0.4, 0.5) is 0 Å². The van der Waals surface area contributed by atoms with Gasteiger partial charge in [-0.3, -0.25) is 14.5 Å². The largest absolute Gasteiger partial charge is 0.350 e. The first kappa shape index (κ1) is 19.4. The third kappa shape index (κ3) is 6.84. The zero-order chi connectivity index (χ0) is 18.2. The molecule has 1 heterocycles. The fourth-order valence-electron chi connectivity index (χ4n) is 3.46. The minimum Gasteiger partial charge on any atom is -0.350 e. The van der Waals surface area contributed by atoms with Gasteiger partial charge in [-0.1, -0.05) is 38.1 Å². The molecule has 1 aliphatic rings. The van der Waals surface area contributed by atoms with E-state index < -0.39 is 0 Å². The van der Waals surface area contributed by atoms with E-state index >= 15 is 0 Å². The lowest BCUT2D eigenvalue weighted by Crippen LogP contribution is -2.39. The summed E-state index contributed by atoms with van der Waals surface area (Å²) >= 11 is 0. The van der Waals surface area contributed by atoms with Crippen molar-refractivity contribution < 1.29 is 9.59 Å². The standard InChI is InChI=1S/C19H30N4O2/c1-14-7-15(2)12-23(11-14)13-17-5-3-16(4-6-17)9-21-19(25)10-22-18(24)8-20/h3-6,14-15H,7-13,20H2,1-2H3,(H,21,25)(H,22,24). The molecule has 0 aromatic heterocycles. The van der Waals surface area contributed by atoms with Crippen LogP contribution >= 0.6 is 0 Å². The van der Waals surface area contributed by atoms with Crippen LogP contribution in [0, 0.1) is 11.8 Å². The Kier molecular flexibility index (Phi) is 7.40. The number of hydrogen-bond acceptors (Lipinski definition) is 4. The zero-order valence-corrected chi connectivity index (χ0v) is 15.3. The Hall–Kier alpha value is -1.92. The molecule has 1 aromatic carbocycles. The molecule has 25 heavy (non-hydrogen) atoms. The van der Waals surface area contributed by atoms with Crippen LogP contribution < -0.4 is 16.4 Å². The number of rotatable bonds is 7. The minimum absolute atomic E-state index is 0.0422. The molecule has 4 N–H and O–H groups in total. The molecule has 2 unspecified atom stereocenters. The third-order valence-electron chi connectivity index (χ3n) is 4.49. The van der Waals surface area contributed by atoms with Gasteiger partial charge >= 0.3 is 0 Å². The van der Waals surface area contributed by atoms with Crippen molar-refractivity contribution in [1.82, 2.24) is 15.5 Å². The van der Waals surface area contributed by atoms with E-state index in [0.717, 1.165) is 37.0 Å². The molecule has 1 fully saturated rings. The van der Waals surface area contributed by atoms with Gasteiger partial charge in [0.05, 0.1) is 13.1 Å². The van der Waals surface area contributed by atoms with Gasteiger partial charge < -0.3 is 16.4 Å². The van der Waals surface area contributed by atoms with Crippen LogP contribution in [0.1, 0.15) is 31.4 Å². The number of nitrogens with two attached hydrogens (primary N) is 1. The Bertz CT molecular complexity index is 563. The molecule has 0 aliphatic carbocycles. The second-order valence-corrected chi connectivity index (χ2v) is 7.21. The van der Waals surface area contributed by atoms with Gasteiger partial charge in [-0.25, -0.2) is 0 Å². The monoisotopic (exact) mass is 346 g/mol. The molecule has 138 valence electrons. The fraction of sp³-hybridized carbons (Fsp3) is 0.579. The van der Waals surface area contributed by atoms with Crippen LogP contribution in [0.3, 0.4) is 0 Å². The van der Waals surface area contributed by atoms with Crippen molar-refractivity contribution in [3.05, 3.63) is 35.4 Å². The molecule has 1 aliphatic heterocycles. The number of amides is 2. The highest BCUT2D eigenvalue weighted by molar-refractivity contribution is 5.85. The molecule has 1 saturated heterocycles. The van der Waals surface area contributed by atoms with Gasteiger partial charge in [-0.2, -0.15) is 0 Å². The average Bonchev–Trinajstić information content (AvgIpc) is 2.58. The van der Waals surface area contributed by atoms with Gasteiger partial charge in [0.15, 0.2) is 0 Å². The summed E-state index contributed by atoms with van der Waals surface area (Å²) in [5.41, 5.74) is 7.51. The van der Waals surface area contributed by atoms with Crippen LogP contribution in [-0.2, 0) is 22.7 Å². The number of nitrogens with zero attached hydrogens (tertiary/aromatic N) is 1. The maximum atomic E-state index is 11.7.